The zero-order chi connectivity index (χ0) is 20.2. The number of carbonyl (C=O) groups excluding carboxylic acids is 2. The smallest absolute Gasteiger partial charge is 0.227 e. The maximum atomic E-state index is 12.6. The third-order valence-electron chi connectivity index (χ3n) is 4.82. The van der Waals surface area contributed by atoms with Crippen LogP contribution in [0.4, 0.5) is 5.69 Å². The van der Waals surface area contributed by atoms with Gasteiger partial charge in [0.1, 0.15) is 5.01 Å². The Labute approximate surface area is 177 Å². The molecule has 148 valence electrons. The molecule has 2 amide bonds. The number of nitrogens with one attached hydrogen (secondary N) is 1. The Hall–Kier alpha value is -2.71. The number of aromatic nitrogens is 2. The molecular formula is C21H20N4O2S2. The van der Waals surface area contributed by atoms with Crippen molar-refractivity contribution in [1.82, 2.24) is 15.3 Å². The lowest BCUT2D eigenvalue weighted by atomic mass is 10.1. The highest BCUT2D eigenvalue weighted by Crippen LogP contribution is 2.27. The first kappa shape index (κ1) is 19.6. The summed E-state index contributed by atoms with van der Waals surface area (Å²) in [6.07, 6.45) is 5.70. The van der Waals surface area contributed by atoms with E-state index >= 15 is 0 Å². The normalized spacial score (nSPS) is 16.2. The Morgan fingerprint density at radius 3 is 2.72 bits per heavy atom. The van der Waals surface area contributed by atoms with Crippen molar-refractivity contribution in [3.05, 3.63) is 59.2 Å². The van der Waals surface area contributed by atoms with Crippen molar-refractivity contribution in [2.24, 2.45) is 5.92 Å². The Kier molecular flexibility index (Phi) is 5.92. The number of hydrogen-bond donors (Lipinski definition) is 1. The molecule has 0 aliphatic carbocycles. The van der Waals surface area contributed by atoms with Crippen molar-refractivity contribution < 1.29 is 9.59 Å². The molecular weight excluding hydrogens is 404 g/mol. The van der Waals surface area contributed by atoms with Crippen LogP contribution in [0.1, 0.15) is 11.4 Å². The number of anilines is 1. The van der Waals surface area contributed by atoms with E-state index in [-0.39, 0.29) is 24.2 Å². The fraction of sp³-hybridized carbons (Fsp3) is 0.238. The van der Waals surface area contributed by atoms with E-state index in [0.29, 0.717) is 13.1 Å². The van der Waals surface area contributed by atoms with Crippen molar-refractivity contribution in [2.75, 3.05) is 17.7 Å². The van der Waals surface area contributed by atoms with Gasteiger partial charge in [-0.1, -0.05) is 0 Å². The highest BCUT2D eigenvalue weighted by molar-refractivity contribution is 7.98. The highest BCUT2D eigenvalue weighted by atomic mass is 32.2. The van der Waals surface area contributed by atoms with Crippen LogP contribution in [0.5, 0.6) is 0 Å². The average molecular weight is 425 g/mol. The Balaban J connectivity index is 1.34. The second kappa shape index (κ2) is 8.75. The molecule has 1 fully saturated rings. The van der Waals surface area contributed by atoms with Gasteiger partial charge >= 0.3 is 0 Å². The zero-order valence-corrected chi connectivity index (χ0v) is 17.5. The fourth-order valence-corrected chi connectivity index (χ4v) is 4.40. The summed E-state index contributed by atoms with van der Waals surface area (Å²) in [4.78, 5) is 36.4. The van der Waals surface area contributed by atoms with Crippen LogP contribution in [0, 0.1) is 5.92 Å². The van der Waals surface area contributed by atoms with Gasteiger partial charge in [0, 0.05) is 46.9 Å². The molecule has 6 nitrogen and oxygen atoms in total. The fourth-order valence-electron chi connectivity index (χ4n) is 3.25. The van der Waals surface area contributed by atoms with Gasteiger partial charge in [-0.25, -0.2) is 4.98 Å². The molecule has 3 aromatic rings. The lowest BCUT2D eigenvalue weighted by molar-refractivity contribution is -0.126. The number of benzene rings is 1. The number of amides is 2. The van der Waals surface area contributed by atoms with E-state index in [9.17, 15) is 9.59 Å². The van der Waals surface area contributed by atoms with Crippen LogP contribution in [-0.2, 0) is 16.1 Å². The number of carbonyl (C=O) groups is 2. The molecule has 29 heavy (non-hydrogen) atoms. The topological polar surface area (TPSA) is 75.2 Å². The van der Waals surface area contributed by atoms with E-state index < -0.39 is 0 Å². The molecule has 3 heterocycles. The molecule has 0 radical (unpaired) electrons. The monoisotopic (exact) mass is 424 g/mol. The van der Waals surface area contributed by atoms with Crippen LogP contribution in [0.15, 0.2) is 59.1 Å². The summed E-state index contributed by atoms with van der Waals surface area (Å²) in [5.41, 5.74) is 2.71. The Bertz CT molecular complexity index is 1010. The van der Waals surface area contributed by atoms with Gasteiger partial charge in [0.2, 0.25) is 11.8 Å². The quantitative estimate of drug-likeness (QED) is 0.612. The largest absolute Gasteiger partial charge is 0.349 e. The van der Waals surface area contributed by atoms with E-state index in [1.165, 1.54) is 11.3 Å². The van der Waals surface area contributed by atoms with Crippen molar-refractivity contribution in [1.29, 1.82) is 0 Å². The molecule has 8 heteroatoms. The standard InChI is InChI=1S/C21H20N4O2S2/c1-28-17-4-2-16(3-5-17)25-12-15(10-20(25)26)21(27)23-11-19-24-18(13-29-19)14-6-8-22-9-7-14/h2-9,13,15H,10-12H2,1H3,(H,23,27). The van der Waals surface area contributed by atoms with E-state index in [4.69, 9.17) is 0 Å². The number of nitrogens with zero attached hydrogens (tertiary/aromatic N) is 3. The third kappa shape index (κ3) is 4.49. The minimum absolute atomic E-state index is 0.0173. The van der Waals surface area contributed by atoms with E-state index in [1.54, 1.807) is 29.1 Å². The van der Waals surface area contributed by atoms with Crippen molar-refractivity contribution in [3.8, 4) is 11.3 Å². The average Bonchev–Trinajstić information content (AvgIpc) is 3.40. The molecule has 4 rings (SSSR count). The predicted molar refractivity (Wildman–Crippen MR) is 116 cm³/mol. The number of rotatable bonds is 6. The maximum Gasteiger partial charge on any atom is 0.227 e. The van der Waals surface area contributed by atoms with Crippen molar-refractivity contribution >= 4 is 40.6 Å². The first-order valence-corrected chi connectivity index (χ1v) is 11.3. The number of hydrogen-bond acceptors (Lipinski definition) is 6. The molecule has 1 atom stereocenters. The summed E-state index contributed by atoms with van der Waals surface area (Å²) < 4.78 is 0. The van der Waals surface area contributed by atoms with Crippen molar-refractivity contribution in [3.63, 3.8) is 0 Å². The second-order valence-corrected chi connectivity index (χ2v) is 8.51. The minimum Gasteiger partial charge on any atom is -0.349 e. The van der Waals surface area contributed by atoms with Crippen LogP contribution in [0.2, 0.25) is 0 Å². The summed E-state index contributed by atoms with van der Waals surface area (Å²) in [7, 11) is 0. The van der Waals surface area contributed by atoms with E-state index in [2.05, 4.69) is 15.3 Å². The Morgan fingerprint density at radius 2 is 2.00 bits per heavy atom. The third-order valence-corrected chi connectivity index (χ3v) is 6.41. The summed E-state index contributed by atoms with van der Waals surface area (Å²) in [6, 6.07) is 11.7. The van der Waals surface area contributed by atoms with Gasteiger partial charge < -0.3 is 10.2 Å². The van der Waals surface area contributed by atoms with E-state index in [0.717, 1.165) is 26.8 Å². The Morgan fingerprint density at radius 1 is 1.24 bits per heavy atom. The van der Waals surface area contributed by atoms with E-state index in [1.807, 2.05) is 48.0 Å². The van der Waals surface area contributed by atoms with Crippen LogP contribution in [-0.4, -0.2) is 34.6 Å². The van der Waals surface area contributed by atoms with Gasteiger partial charge in [0.15, 0.2) is 0 Å². The van der Waals surface area contributed by atoms with Crippen LogP contribution in [0.25, 0.3) is 11.3 Å². The van der Waals surface area contributed by atoms with Gasteiger partial charge in [0.05, 0.1) is 18.2 Å². The van der Waals surface area contributed by atoms with Gasteiger partial charge in [-0.05, 0) is 42.7 Å². The molecule has 1 unspecified atom stereocenters. The lowest BCUT2D eigenvalue weighted by Crippen LogP contribution is -2.32. The first-order valence-electron chi connectivity index (χ1n) is 9.21. The zero-order valence-electron chi connectivity index (χ0n) is 15.9. The molecule has 1 saturated heterocycles. The van der Waals surface area contributed by atoms with Gasteiger partial charge in [-0.3, -0.25) is 14.6 Å². The second-order valence-electron chi connectivity index (χ2n) is 6.68. The van der Waals surface area contributed by atoms with Gasteiger partial charge in [-0.15, -0.1) is 23.1 Å². The summed E-state index contributed by atoms with van der Waals surface area (Å²) in [5.74, 6) is -0.471. The molecule has 2 aromatic heterocycles. The molecule has 1 aromatic carbocycles. The summed E-state index contributed by atoms with van der Waals surface area (Å²) in [5, 5.41) is 5.73. The SMILES string of the molecule is CSc1ccc(N2CC(C(=O)NCc3nc(-c4ccncc4)cs3)CC2=O)cc1. The number of pyridine rings is 1. The minimum atomic E-state index is -0.345. The molecule has 1 aliphatic heterocycles. The molecule has 0 bridgehead atoms. The molecule has 0 saturated carbocycles. The summed E-state index contributed by atoms with van der Waals surface area (Å²) >= 11 is 3.16. The van der Waals surface area contributed by atoms with Crippen LogP contribution < -0.4 is 10.2 Å². The van der Waals surface area contributed by atoms with Gasteiger partial charge in [-0.2, -0.15) is 0 Å². The first-order chi connectivity index (χ1) is 14.1. The molecule has 0 spiro atoms. The lowest BCUT2D eigenvalue weighted by Gasteiger charge is -2.17. The molecule has 1 aliphatic rings. The van der Waals surface area contributed by atoms with Crippen LogP contribution >= 0.6 is 23.1 Å². The number of thiazole rings is 1. The highest BCUT2D eigenvalue weighted by Gasteiger charge is 2.35. The molecule has 1 N–H and O–H groups in total. The summed E-state index contributed by atoms with van der Waals surface area (Å²) in [6.45, 7) is 0.769. The number of thioether (sulfide) groups is 1. The van der Waals surface area contributed by atoms with Crippen molar-refractivity contribution in [2.45, 2.75) is 17.9 Å². The maximum absolute atomic E-state index is 12.6. The van der Waals surface area contributed by atoms with Crippen LogP contribution in [0.3, 0.4) is 0 Å². The predicted octanol–water partition coefficient (Wildman–Crippen LogP) is 3.60. The van der Waals surface area contributed by atoms with Gasteiger partial charge in [0.25, 0.3) is 0 Å².